The number of rotatable bonds is 5. The third-order valence-electron chi connectivity index (χ3n) is 3.83. The molecule has 0 atom stereocenters. The second-order valence-electron chi connectivity index (χ2n) is 5.74. The van der Waals surface area contributed by atoms with Crippen LogP contribution in [0, 0.1) is 11.5 Å². The quantitative estimate of drug-likeness (QED) is 0.393. The van der Waals surface area contributed by atoms with Crippen LogP contribution in [0.1, 0.15) is 5.56 Å². The summed E-state index contributed by atoms with van der Waals surface area (Å²) in [4.78, 5) is 8.17. The Hall–Kier alpha value is -3.70. The molecule has 2 N–H and O–H groups in total. The molecule has 2 aromatic carbocycles. The maximum Gasteiger partial charge on any atom is 0.212 e. The Morgan fingerprint density at radius 2 is 1.71 bits per heavy atom. The number of hydrogen-bond acceptors (Lipinski definition) is 5. The molecule has 0 spiro atoms. The van der Waals surface area contributed by atoms with Gasteiger partial charge in [0.1, 0.15) is 0 Å². The third-order valence-corrected chi connectivity index (χ3v) is 5.61. The van der Waals surface area contributed by atoms with E-state index in [1.54, 1.807) is 61.1 Å². The number of anilines is 1. The molecule has 140 valence electrons. The smallest absolute Gasteiger partial charge is 0.212 e. The van der Waals surface area contributed by atoms with Gasteiger partial charge < -0.3 is 10.6 Å². The Bertz CT molecular complexity index is 1090. The van der Waals surface area contributed by atoms with Gasteiger partial charge in [-0.2, -0.15) is 5.26 Å². The Balaban J connectivity index is 1.72. The van der Waals surface area contributed by atoms with Crippen LogP contribution in [0.4, 0.5) is 5.69 Å². The van der Waals surface area contributed by atoms with Gasteiger partial charge >= 0.3 is 0 Å². The van der Waals surface area contributed by atoms with Crippen LogP contribution in [0.15, 0.2) is 93.9 Å². The summed E-state index contributed by atoms with van der Waals surface area (Å²) >= 11 is 0. The zero-order chi connectivity index (χ0) is 19.8. The summed E-state index contributed by atoms with van der Waals surface area (Å²) in [6.07, 6.45) is 5.12. The summed E-state index contributed by atoms with van der Waals surface area (Å²) in [5.41, 5.74) is 1.53. The SMILES string of the molecule is N#C/N=C(/NCc1cccnc1)Nc1ccc(S(=O)(=O)c2ccccc2)cc1. The fourth-order valence-corrected chi connectivity index (χ4v) is 3.72. The molecule has 8 heteroatoms. The van der Waals surface area contributed by atoms with Crippen molar-refractivity contribution in [1.29, 1.82) is 5.26 Å². The van der Waals surface area contributed by atoms with Gasteiger partial charge in [-0.15, -0.1) is 4.99 Å². The fraction of sp³-hybridized carbons (Fsp3) is 0.0500. The fourth-order valence-electron chi connectivity index (χ4n) is 2.44. The van der Waals surface area contributed by atoms with Crippen LogP contribution in [0.2, 0.25) is 0 Å². The van der Waals surface area contributed by atoms with Crippen molar-refractivity contribution in [1.82, 2.24) is 10.3 Å². The average Bonchev–Trinajstić information content (AvgIpc) is 2.74. The van der Waals surface area contributed by atoms with Crippen LogP contribution in [-0.2, 0) is 16.4 Å². The first-order chi connectivity index (χ1) is 13.6. The lowest BCUT2D eigenvalue weighted by molar-refractivity contribution is 0.596. The molecule has 0 saturated heterocycles. The molecule has 0 aliphatic heterocycles. The van der Waals surface area contributed by atoms with Crippen molar-refractivity contribution in [2.24, 2.45) is 4.99 Å². The molecule has 1 heterocycles. The van der Waals surface area contributed by atoms with E-state index in [-0.39, 0.29) is 15.8 Å². The van der Waals surface area contributed by atoms with Gasteiger partial charge in [0.05, 0.1) is 9.79 Å². The summed E-state index contributed by atoms with van der Waals surface area (Å²) in [7, 11) is -3.57. The molecule has 3 aromatic rings. The topological polar surface area (TPSA) is 107 Å². The number of aromatic nitrogens is 1. The van der Waals surface area contributed by atoms with Crippen LogP contribution in [0.3, 0.4) is 0 Å². The monoisotopic (exact) mass is 391 g/mol. The maximum atomic E-state index is 12.6. The molecule has 0 aliphatic carbocycles. The van der Waals surface area contributed by atoms with E-state index in [4.69, 9.17) is 5.26 Å². The van der Waals surface area contributed by atoms with Crippen molar-refractivity contribution in [3.8, 4) is 6.19 Å². The van der Waals surface area contributed by atoms with Gasteiger partial charge in [0.2, 0.25) is 22.0 Å². The Kier molecular flexibility index (Phi) is 5.99. The molecule has 0 fully saturated rings. The molecule has 0 aliphatic rings. The normalized spacial score (nSPS) is 11.5. The molecular formula is C20H17N5O2S. The molecular weight excluding hydrogens is 374 g/mol. The van der Waals surface area contributed by atoms with Gasteiger partial charge in [-0.25, -0.2) is 8.42 Å². The predicted octanol–water partition coefficient (Wildman–Crippen LogP) is 2.95. The van der Waals surface area contributed by atoms with E-state index >= 15 is 0 Å². The summed E-state index contributed by atoms with van der Waals surface area (Å²) in [6, 6.07) is 18.2. The van der Waals surface area contributed by atoms with Gasteiger partial charge in [-0.05, 0) is 48.0 Å². The molecule has 3 rings (SSSR count). The lowest BCUT2D eigenvalue weighted by Crippen LogP contribution is -2.30. The zero-order valence-electron chi connectivity index (χ0n) is 14.8. The maximum absolute atomic E-state index is 12.6. The standard InChI is InChI=1S/C20H17N5O2S/c21-15-24-20(23-14-16-5-4-12-22-13-16)25-17-8-10-19(11-9-17)28(26,27)18-6-2-1-3-7-18/h1-13H,14H2,(H2,23,24,25). The third kappa shape index (κ3) is 4.72. The van der Waals surface area contributed by atoms with Crippen molar-refractivity contribution in [3.05, 3.63) is 84.7 Å². The second kappa shape index (κ2) is 8.79. The number of aliphatic imine (C=N–C) groups is 1. The van der Waals surface area contributed by atoms with E-state index in [0.29, 0.717) is 12.2 Å². The number of nitrogens with zero attached hydrogens (tertiary/aromatic N) is 3. The molecule has 0 unspecified atom stereocenters. The Morgan fingerprint density at radius 3 is 2.36 bits per heavy atom. The first kappa shape index (κ1) is 19.1. The van der Waals surface area contributed by atoms with Gasteiger partial charge in [-0.1, -0.05) is 24.3 Å². The number of sulfone groups is 1. The highest BCUT2D eigenvalue weighted by Crippen LogP contribution is 2.22. The van der Waals surface area contributed by atoms with Crippen molar-refractivity contribution in [3.63, 3.8) is 0 Å². The minimum absolute atomic E-state index is 0.186. The Morgan fingerprint density at radius 1 is 1.00 bits per heavy atom. The first-order valence-electron chi connectivity index (χ1n) is 8.36. The summed E-state index contributed by atoms with van der Waals surface area (Å²) in [5, 5.41) is 14.9. The van der Waals surface area contributed by atoms with E-state index in [1.165, 1.54) is 12.1 Å². The highest BCUT2D eigenvalue weighted by Gasteiger charge is 2.16. The summed E-state index contributed by atoms with van der Waals surface area (Å²) in [6.45, 7) is 0.432. The Labute approximate surface area is 163 Å². The number of benzene rings is 2. The highest BCUT2D eigenvalue weighted by atomic mass is 32.2. The molecule has 0 amide bonds. The lowest BCUT2D eigenvalue weighted by Gasteiger charge is -2.11. The van der Waals surface area contributed by atoms with Crippen LogP contribution in [0.25, 0.3) is 0 Å². The number of nitriles is 1. The number of hydrogen-bond donors (Lipinski definition) is 2. The minimum atomic E-state index is -3.57. The van der Waals surface area contributed by atoms with Gasteiger partial charge in [0.15, 0.2) is 0 Å². The first-order valence-corrected chi connectivity index (χ1v) is 9.85. The second-order valence-corrected chi connectivity index (χ2v) is 7.69. The average molecular weight is 391 g/mol. The summed E-state index contributed by atoms with van der Waals surface area (Å²) in [5.74, 6) is 0.255. The highest BCUT2D eigenvalue weighted by molar-refractivity contribution is 7.91. The van der Waals surface area contributed by atoms with Gasteiger partial charge in [0, 0.05) is 24.6 Å². The van der Waals surface area contributed by atoms with Crippen molar-refractivity contribution >= 4 is 21.5 Å². The molecule has 0 saturated carbocycles. The van der Waals surface area contributed by atoms with Gasteiger partial charge in [-0.3, -0.25) is 4.98 Å². The molecule has 0 bridgehead atoms. The van der Waals surface area contributed by atoms with Crippen LogP contribution in [0.5, 0.6) is 0 Å². The van der Waals surface area contributed by atoms with E-state index < -0.39 is 9.84 Å². The van der Waals surface area contributed by atoms with E-state index in [1.807, 2.05) is 12.1 Å². The number of guanidine groups is 1. The predicted molar refractivity (Wildman–Crippen MR) is 106 cm³/mol. The molecule has 0 radical (unpaired) electrons. The van der Waals surface area contributed by atoms with Crippen molar-refractivity contribution < 1.29 is 8.42 Å². The molecule has 7 nitrogen and oxygen atoms in total. The van der Waals surface area contributed by atoms with Crippen molar-refractivity contribution in [2.45, 2.75) is 16.3 Å². The number of pyridine rings is 1. The van der Waals surface area contributed by atoms with Crippen molar-refractivity contribution in [2.75, 3.05) is 5.32 Å². The number of nitrogens with one attached hydrogen (secondary N) is 2. The lowest BCUT2D eigenvalue weighted by atomic mass is 10.3. The summed E-state index contributed by atoms with van der Waals surface area (Å²) < 4.78 is 25.2. The van der Waals surface area contributed by atoms with Gasteiger partial charge in [0.25, 0.3) is 0 Å². The van der Waals surface area contributed by atoms with Crippen LogP contribution < -0.4 is 10.6 Å². The minimum Gasteiger partial charge on any atom is -0.351 e. The van der Waals surface area contributed by atoms with E-state index in [0.717, 1.165) is 5.56 Å². The molecule has 1 aromatic heterocycles. The van der Waals surface area contributed by atoms with Crippen LogP contribution in [-0.4, -0.2) is 19.4 Å². The molecule has 28 heavy (non-hydrogen) atoms. The van der Waals surface area contributed by atoms with Crippen LogP contribution >= 0.6 is 0 Å². The van der Waals surface area contributed by atoms with E-state index in [9.17, 15) is 8.42 Å². The largest absolute Gasteiger partial charge is 0.351 e. The zero-order valence-corrected chi connectivity index (χ0v) is 15.6. The van der Waals surface area contributed by atoms with E-state index in [2.05, 4.69) is 20.6 Å².